The third kappa shape index (κ3) is 4.52. The first-order valence-corrected chi connectivity index (χ1v) is 5.92. The monoisotopic (exact) mass is 337 g/mol. The second-order valence-corrected chi connectivity index (χ2v) is 4.15. The van der Waals surface area contributed by atoms with Crippen molar-refractivity contribution < 1.29 is 32.5 Å². The molecule has 9 nitrogen and oxygen atoms in total. The Bertz CT molecular complexity index is 611. The number of nitro benzene ring substituents is 2. The fourth-order valence-electron chi connectivity index (χ4n) is 1.64. The Morgan fingerprint density at radius 1 is 1.22 bits per heavy atom. The maximum absolute atomic E-state index is 12.7. The number of hydrogen-bond acceptors (Lipinski definition) is 7. The minimum atomic E-state index is -4.99. The minimum absolute atomic E-state index is 0.188. The van der Waals surface area contributed by atoms with Crippen LogP contribution in [0.1, 0.15) is 12.0 Å². The average molecular weight is 337 g/mol. The highest BCUT2D eigenvalue weighted by Gasteiger charge is 2.37. The molecule has 1 N–H and O–H groups in total. The van der Waals surface area contributed by atoms with Crippen LogP contribution in [0.3, 0.4) is 0 Å². The molecule has 12 heteroatoms. The minimum Gasteiger partial charge on any atom is -0.469 e. The number of hydrogen-bond donors (Lipinski definition) is 1. The Kier molecular flexibility index (Phi) is 5.43. The molecule has 0 aliphatic carbocycles. The topological polar surface area (TPSA) is 125 Å². The van der Waals surface area contributed by atoms with Crippen LogP contribution in [0.25, 0.3) is 0 Å². The smallest absolute Gasteiger partial charge is 0.416 e. The van der Waals surface area contributed by atoms with Gasteiger partial charge in [0.15, 0.2) is 5.69 Å². The summed E-state index contributed by atoms with van der Waals surface area (Å²) in [5, 5.41) is 24.1. The number of ether oxygens (including phenoxy) is 1. The predicted octanol–water partition coefficient (Wildman–Crippen LogP) is 2.50. The first kappa shape index (κ1) is 18.1. The summed E-state index contributed by atoms with van der Waals surface area (Å²) in [6.45, 7) is -0.292. The van der Waals surface area contributed by atoms with Gasteiger partial charge >= 0.3 is 12.1 Å². The van der Waals surface area contributed by atoms with Crippen LogP contribution in [0.2, 0.25) is 0 Å². The maximum atomic E-state index is 12.7. The molecule has 0 atom stereocenters. The number of nitrogens with zero attached hydrogens (tertiary/aromatic N) is 2. The lowest BCUT2D eigenvalue weighted by atomic mass is 10.1. The molecule has 0 amide bonds. The van der Waals surface area contributed by atoms with Crippen molar-refractivity contribution in [2.75, 3.05) is 19.0 Å². The molecule has 1 aromatic carbocycles. The molecule has 1 aromatic rings. The number of benzene rings is 1. The van der Waals surface area contributed by atoms with Gasteiger partial charge in [0.25, 0.3) is 11.4 Å². The number of nitro groups is 2. The quantitative estimate of drug-likeness (QED) is 0.480. The summed E-state index contributed by atoms with van der Waals surface area (Å²) in [7, 11) is 1.09. The fourth-order valence-corrected chi connectivity index (χ4v) is 1.64. The maximum Gasteiger partial charge on any atom is 0.416 e. The van der Waals surface area contributed by atoms with Gasteiger partial charge in [-0.1, -0.05) is 0 Å². The van der Waals surface area contributed by atoms with E-state index in [9.17, 15) is 38.2 Å². The van der Waals surface area contributed by atoms with Gasteiger partial charge in [-0.3, -0.25) is 25.0 Å². The van der Waals surface area contributed by atoms with Crippen molar-refractivity contribution in [2.45, 2.75) is 12.6 Å². The Morgan fingerprint density at radius 2 is 1.70 bits per heavy atom. The molecule has 126 valence electrons. The van der Waals surface area contributed by atoms with Crippen LogP contribution in [0.15, 0.2) is 12.1 Å². The SMILES string of the molecule is COC(=O)CCNc1c([N+](=O)[O-])cc(C(F)(F)F)cc1[N+](=O)[O-]. The zero-order valence-corrected chi connectivity index (χ0v) is 11.5. The number of nitrogens with one attached hydrogen (secondary N) is 1. The summed E-state index contributed by atoms with van der Waals surface area (Å²) in [5.74, 6) is -0.699. The fraction of sp³-hybridized carbons (Fsp3) is 0.364. The van der Waals surface area contributed by atoms with Gasteiger partial charge in [0.1, 0.15) is 0 Å². The van der Waals surface area contributed by atoms with E-state index in [0.29, 0.717) is 0 Å². The number of carbonyl (C=O) groups excluding carboxylic acids is 1. The first-order valence-electron chi connectivity index (χ1n) is 5.92. The molecule has 0 bridgehead atoms. The number of rotatable bonds is 6. The van der Waals surface area contributed by atoms with Crippen LogP contribution in [0.4, 0.5) is 30.2 Å². The van der Waals surface area contributed by atoms with Crippen molar-refractivity contribution in [3.8, 4) is 0 Å². The molecular formula is C11H10F3N3O6. The zero-order valence-electron chi connectivity index (χ0n) is 11.5. The lowest BCUT2D eigenvalue weighted by molar-refractivity contribution is -0.392. The molecular weight excluding hydrogens is 327 g/mol. The molecule has 0 saturated heterocycles. The van der Waals surface area contributed by atoms with Crippen molar-refractivity contribution in [2.24, 2.45) is 0 Å². The van der Waals surface area contributed by atoms with E-state index in [2.05, 4.69) is 10.1 Å². The Morgan fingerprint density at radius 3 is 2.04 bits per heavy atom. The van der Waals surface area contributed by atoms with Crippen LogP contribution in [-0.4, -0.2) is 29.5 Å². The van der Waals surface area contributed by atoms with Gasteiger partial charge < -0.3 is 10.1 Å². The molecule has 1 rings (SSSR count). The standard InChI is InChI=1S/C11H10F3N3O6/c1-23-9(18)2-3-15-10-7(16(19)20)4-6(11(12,13)14)5-8(10)17(21)22/h4-5,15H,2-3H2,1H3. The normalized spacial score (nSPS) is 11.0. The van der Waals surface area contributed by atoms with Gasteiger partial charge in [-0.05, 0) is 0 Å². The second-order valence-electron chi connectivity index (χ2n) is 4.15. The molecule has 0 spiro atoms. The summed E-state index contributed by atoms with van der Waals surface area (Å²) in [4.78, 5) is 30.4. The Labute approximate surface area is 126 Å². The summed E-state index contributed by atoms with van der Waals surface area (Å²) >= 11 is 0. The molecule has 0 aromatic heterocycles. The van der Waals surface area contributed by atoms with Gasteiger partial charge in [0.05, 0.1) is 28.9 Å². The van der Waals surface area contributed by atoms with Crippen molar-refractivity contribution >= 4 is 23.0 Å². The first-order chi connectivity index (χ1) is 10.6. The van der Waals surface area contributed by atoms with Gasteiger partial charge in [0.2, 0.25) is 0 Å². The van der Waals surface area contributed by atoms with E-state index in [1.165, 1.54) is 0 Å². The van der Waals surface area contributed by atoms with E-state index in [-0.39, 0.29) is 25.1 Å². The number of anilines is 1. The number of esters is 1. The lowest BCUT2D eigenvalue weighted by Crippen LogP contribution is -2.13. The third-order valence-electron chi connectivity index (χ3n) is 2.68. The molecule has 23 heavy (non-hydrogen) atoms. The van der Waals surface area contributed by atoms with E-state index in [0.717, 1.165) is 7.11 Å². The van der Waals surface area contributed by atoms with Crippen LogP contribution in [0, 0.1) is 20.2 Å². The summed E-state index contributed by atoms with van der Waals surface area (Å²) in [5.41, 5.74) is -4.46. The molecule has 0 aliphatic rings. The highest BCUT2D eigenvalue weighted by molar-refractivity contribution is 5.76. The second kappa shape index (κ2) is 6.89. The van der Waals surface area contributed by atoms with Gasteiger partial charge in [-0.25, -0.2) is 0 Å². The van der Waals surface area contributed by atoms with Gasteiger partial charge in [0, 0.05) is 18.7 Å². The largest absolute Gasteiger partial charge is 0.469 e. The summed E-state index contributed by atoms with van der Waals surface area (Å²) < 4.78 is 42.4. The highest BCUT2D eigenvalue weighted by atomic mass is 19.4. The molecule has 0 saturated carbocycles. The third-order valence-corrected chi connectivity index (χ3v) is 2.68. The van der Waals surface area contributed by atoms with E-state index in [1.807, 2.05) is 0 Å². The zero-order chi connectivity index (χ0) is 17.8. The summed E-state index contributed by atoms with van der Waals surface area (Å²) in [6, 6.07) is 0.376. The molecule has 0 heterocycles. The highest BCUT2D eigenvalue weighted by Crippen LogP contribution is 2.41. The number of halogens is 3. The van der Waals surface area contributed by atoms with Crippen LogP contribution in [0.5, 0.6) is 0 Å². The van der Waals surface area contributed by atoms with E-state index in [4.69, 9.17) is 0 Å². The van der Waals surface area contributed by atoms with Crippen molar-refractivity contribution in [1.82, 2.24) is 0 Å². The molecule has 0 fully saturated rings. The Balaban J connectivity index is 3.33. The van der Waals surface area contributed by atoms with Gasteiger partial charge in [-0.15, -0.1) is 0 Å². The van der Waals surface area contributed by atoms with Crippen molar-refractivity contribution in [1.29, 1.82) is 0 Å². The Hall–Kier alpha value is -2.92. The molecule has 0 unspecified atom stereocenters. The number of alkyl halides is 3. The molecule has 0 radical (unpaired) electrons. The molecule has 0 aliphatic heterocycles. The van der Waals surface area contributed by atoms with Crippen molar-refractivity contribution in [3.63, 3.8) is 0 Å². The van der Waals surface area contributed by atoms with E-state index >= 15 is 0 Å². The van der Waals surface area contributed by atoms with Crippen LogP contribution in [-0.2, 0) is 15.7 Å². The number of carbonyl (C=O) groups is 1. The predicted molar refractivity (Wildman–Crippen MR) is 69.9 cm³/mol. The number of methoxy groups -OCH3 is 1. The van der Waals surface area contributed by atoms with Crippen molar-refractivity contribution in [3.05, 3.63) is 37.9 Å². The van der Waals surface area contributed by atoms with Crippen LogP contribution >= 0.6 is 0 Å². The average Bonchev–Trinajstić information content (AvgIpc) is 2.45. The van der Waals surface area contributed by atoms with Crippen LogP contribution < -0.4 is 5.32 Å². The lowest BCUT2D eigenvalue weighted by Gasteiger charge is -2.11. The van der Waals surface area contributed by atoms with E-state index < -0.39 is 44.6 Å². The van der Waals surface area contributed by atoms with E-state index in [1.54, 1.807) is 0 Å². The van der Waals surface area contributed by atoms with Gasteiger partial charge in [-0.2, -0.15) is 13.2 Å². The summed E-state index contributed by atoms with van der Waals surface area (Å²) in [6.07, 6.45) is -5.27.